The smallest absolute Gasteiger partial charge is 0.245 e. The van der Waals surface area contributed by atoms with Gasteiger partial charge in [-0.3, -0.25) is 9.59 Å². The van der Waals surface area contributed by atoms with E-state index in [9.17, 15) is 9.59 Å². The lowest BCUT2D eigenvalue weighted by Gasteiger charge is -2.43. The fourth-order valence-corrected chi connectivity index (χ4v) is 2.90. The molecule has 0 saturated carbocycles. The van der Waals surface area contributed by atoms with Gasteiger partial charge in [0.05, 0.1) is 6.54 Å². The Morgan fingerprint density at radius 2 is 2.18 bits per heavy atom. The highest BCUT2D eigenvalue weighted by molar-refractivity contribution is 7.99. The molecule has 96 valence electrons. The summed E-state index contributed by atoms with van der Waals surface area (Å²) in [6, 6.07) is -0.168. The molecule has 0 aliphatic carbocycles. The molecule has 0 spiro atoms. The van der Waals surface area contributed by atoms with Gasteiger partial charge in [0, 0.05) is 18.3 Å². The summed E-state index contributed by atoms with van der Waals surface area (Å²) in [4.78, 5) is 27.8. The molecule has 5 heteroatoms. The van der Waals surface area contributed by atoms with Crippen molar-refractivity contribution in [3.05, 3.63) is 0 Å². The molecule has 2 aliphatic rings. The molecule has 2 saturated heterocycles. The second kappa shape index (κ2) is 5.29. The molecule has 0 N–H and O–H groups in total. The molecule has 2 fully saturated rings. The van der Waals surface area contributed by atoms with Crippen molar-refractivity contribution in [3.63, 3.8) is 0 Å². The van der Waals surface area contributed by atoms with Gasteiger partial charge in [-0.05, 0) is 25.5 Å². The summed E-state index contributed by atoms with van der Waals surface area (Å²) in [5.74, 6) is 0.285. The van der Waals surface area contributed by atoms with Gasteiger partial charge in [-0.2, -0.15) is 11.8 Å². The predicted molar refractivity (Wildman–Crippen MR) is 68.9 cm³/mol. The minimum Gasteiger partial charge on any atom is -0.330 e. The highest BCUT2D eigenvalue weighted by atomic mass is 32.2. The molecule has 2 unspecified atom stereocenters. The van der Waals surface area contributed by atoms with Crippen LogP contribution in [0.4, 0.5) is 0 Å². The highest BCUT2D eigenvalue weighted by Crippen LogP contribution is 2.23. The fraction of sp³-hybridized carbons (Fsp3) is 0.833. The Morgan fingerprint density at radius 3 is 2.88 bits per heavy atom. The van der Waals surface area contributed by atoms with Crippen LogP contribution in [-0.2, 0) is 9.59 Å². The average Bonchev–Trinajstić information content (AvgIpc) is 2.35. The zero-order chi connectivity index (χ0) is 12.4. The van der Waals surface area contributed by atoms with E-state index in [1.807, 2.05) is 6.26 Å². The summed E-state index contributed by atoms with van der Waals surface area (Å²) in [5.41, 5.74) is 0. The topological polar surface area (TPSA) is 40.6 Å². The Hall–Kier alpha value is -0.710. The number of nitrogens with zero attached hydrogens (tertiary/aromatic N) is 2. The standard InChI is InChI=1S/C12H20N2O2S/c1-9(17-2)7-13-8-11(15)14-6-4-3-5-10(14)12(13)16/h9-10H,3-8H2,1-2H3. The number of hydrogen-bond acceptors (Lipinski definition) is 3. The van der Waals surface area contributed by atoms with Crippen molar-refractivity contribution in [3.8, 4) is 0 Å². The number of piperidine rings is 1. The van der Waals surface area contributed by atoms with Crippen LogP contribution in [0.25, 0.3) is 0 Å². The number of piperazine rings is 1. The first kappa shape index (κ1) is 12.7. The van der Waals surface area contributed by atoms with E-state index in [2.05, 4.69) is 6.92 Å². The van der Waals surface area contributed by atoms with Crippen LogP contribution in [0.3, 0.4) is 0 Å². The van der Waals surface area contributed by atoms with E-state index in [1.54, 1.807) is 21.6 Å². The molecule has 4 nitrogen and oxygen atoms in total. The Morgan fingerprint density at radius 1 is 1.41 bits per heavy atom. The van der Waals surface area contributed by atoms with Crippen molar-refractivity contribution in [1.82, 2.24) is 9.80 Å². The van der Waals surface area contributed by atoms with Crippen molar-refractivity contribution in [2.75, 3.05) is 25.9 Å². The molecule has 0 aromatic carbocycles. The molecule has 0 radical (unpaired) electrons. The van der Waals surface area contributed by atoms with E-state index >= 15 is 0 Å². The number of thioether (sulfide) groups is 1. The molecule has 2 atom stereocenters. The molecular formula is C12H20N2O2S. The Bertz CT molecular complexity index is 322. The Balaban J connectivity index is 2.06. The van der Waals surface area contributed by atoms with Crippen LogP contribution in [0.2, 0.25) is 0 Å². The lowest BCUT2D eigenvalue weighted by atomic mass is 9.98. The molecular weight excluding hydrogens is 236 g/mol. The second-order valence-electron chi connectivity index (χ2n) is 4.86. The maximum atomic E-state index is 12.3. The quantitative estimate of drug-likeness (QED) is 0.755. The maximum Gasteiger partial charge on any atom is 0.245 e. The second-order valence-corrected chi connectivity index (χ2v) is 6.14. The van der Waals surface area contributed by atoms with E-state index in [0.717, 1.165) is 25.8 Å². The molecule has 2 amide bonds. The lowest BCUT2D eigenvalue weighted by molar-refractivity contribution is -0.157. The van der Waals surface area contributed by atoms with E-state index in [4.69, 9.17) is 0 Å². The first-order valence-electron chi connectivity index (χ1n) is 6.24. The average molecular weight is 256 g/mol. The molecule has 17 heavy (non-hydrogen) atoms. The molecule has 0 bridgehead atoms. The van der Waals surface area contributed by atoms with Crippen LogP contribution in [0.5, 0.6) is 0 Å². The van der Waals surface area contributed by atoms with Gasteiger partial charge >= 0.3 is 0 Å². The maximum absolute atomic E-state index is 12.3. The van der Waals surface area contributed by atoms with Crippen LogP contribution in [0.15, 0.2) is 0 Å². The first-order valence-corrected chi connectivity index (χ1v) is 7.53. The Labute approximate surface area is 107 Å². The van der Waals surface area contributed by atoms with E-state index in [1.165, 1.54) is 0 Å². The molecule has 2 aliphatic heterocycles. The van der Waals surface area contributed by atoms with Crippen molar-refractivity contribution >= 4 is 23.6 Å². The van der Waals surface area contributed by atoms with Crippen molar-refractivity contribution in [2.45, 2.75) is 37.5 Å². The molecule has 0 aromatic heterocycles. The van der Waals surface area contributed by atoms with Crippen molar-refractivity contribution in [1.29, 1.82) is 0 Å². The number of hydrogen-bond donors (Lipinski definition) is 0. The van der Waals surface area contributed by atoms with Crippen LogP contribution in [-0.4, -0.2) is 58.8 Å². The number of amides is 2. The van der Waals surface area contributed by atoms with Gasteiger partial charge in [0.2, 0.25) is 11.8 Å². The molecule has 2 rings (SSSR count). The van der Waals surface area contributed by atoms with E-state index < -0.39 is 0 Å². The largest absolute Gasteiger partial charge is 0.330 e. The van der Waals surface area contributed by atoms with E-state index in [-0.39, 0.29) is 24.4 Å². The van der Waals surface area contributed by atoms with Crippen molar-refractivity contribution < 1.29 is 9.59 Å². The normalized spacial score (nSPS) is 27.1. The lowest BCUT2D eigenvalue weighted by Crippen LogP contribution is -2.61. The van der Waals surface area contributed by atoms with Gasteiger partial charge < -0.3 is 9.80 Å². The van der Waals surface area contributed by atoms with Gasteiger partial charge in [0.25, 0.3) is 0 Å². The predicted octanol–water partition coefficient (Wildman–Crippen LogP) is 0.961. The van der Waals surface area contributed by atoms with Crippen LogP contribution >= 0.6 is 11.8 Å². The number of rotatable bonds is 3. The van der Waals surface area contributed by atoms with Gasteiger partial charge in [-0.15, -0.1) is 0 Å². The minimum absolute atomic E-state index is 0.127. The summed E-state index contributed by atoms with van der Waals surface area (Å²) < 4.78 is 0. The number of carbonyl (C=O) groups excluding carboxylic acids is 2. The van der Waals surface area contributed by atoms with E-state index in [0.29, 0.717) is 11.8 Å². The monoisotopic (exact) mass is 256 g/mol. The number of fused-ring (bicyclic) bond motifs is 1. The van der Waals surface area contributed by atoms with Gasteiger partial charge in [-0.25, -0.2) is 0 Å². The highest BCUT2D eigenvalue weighted by Gasteiger charge is 2.40. The van der Waals surface area contributed by atoms with Crippen LogP contribution in [0, 0.1) is 0 Å². The van der Waals surface area contributed by atoms with Crippen LogP contribution < -0.4 is 0 Å². The minimum atomic E-state index is -0.168. The third-order valence-electron chi connectivity index (χ3n) is 3.63. The summed E-state index contributed by atoms with van der Waals surface area (Å²) >= 11 is 1.73. The third kappa shape index (κ3) is 2.59. The van der Waals surface area contributed by atoms with Gasteiger partial charge in [0.15, 0.2) is 0 Å². The third-order valence-corrected chi connectivity index (χ3v) is 4.58. The molecule has 2 heterocycles. The number of carbonyl (C=O) groups is 2. The van der Waals surface area contributed by atoms with Crippen molar-refractivity contribution in [2.24, 2.45) is 0 Å². The zero-order valence-electron chi connectivity index (χ0n) is 10.5. The summed E-state index contributed by atoms with van der Waals surface area (Å²) in [7, 11) is 0. The van der Waals surface area contributed by atoms with Crippen LogP contribution in [0.1, 0.15) is 26.2 Å². The summed E-state index contributed by atoms with van der Waals surface area (Å²) in [6.45, 7) is 3.83. The zero-order valence-corrected chi connectivity index (χ0v) is 11.3. The fourth-order valence-electron chi connectivity index (χ4n) is 2.57. The Kier molecular flexibility index (Phi) is 3.97. The molecule has 0 aromatic rings. The first-order chi connectivity index (χ1) is 8.13. The van der Waals surface area contributed by atoms with Gasteiger partial charge in [0.1, 0.15) is 6.04 Å². The van der Waals surface area contributed by atoms with Gasteiger partial charge in [-0.1, -0.05) is 6.92 Å². The summed E-state index contributed by atoms with van der Waals surface area (Å²) in [5, 5.41) is 0.391. The SMILES string of the molecule is CSC(C)CN1CC(=O)N2CCCCC2C1=O. The summed E-state index contributed by atoms with van der Waals surface area (Å²) in [6.07, 6.45) is 4.98.